The maximum atomic E-state index is 9.09. The molecule has 16 heavy (non-hydrogen) atoms. The zero-order valence-electron chi connectivity index (χ0n) is 10.0. The standard InChI is InChI=1S/C10H19N5O/c1-10(2,3)15-9(12-13-14-15)8-5-4-7(6-16)11-8/h7-8,11,16H,4-6H2,1-3H3/t7-,8-/m0/s1. The van der Waals surface area contributed by atoms with E-state index in [0.29, 0.717) is 0 Å². The van der Waals surface area contributed by atoms with E-state index >= 15 is 0 Å². The van der Waals surface area contributed by atoms with Crippen molar-refractivity contribution in [2.75, 3.05) is 6.61 Å². The number of hydrogen-bond donors (Lipinski definition) is 2. The molecule has 6 heteroatoms. The molecule has 6 nitrogen and oxygen atoms in total. The van der Waals surface area contributed by atoms with Gasteiger partial charge in [0, 0.05) is 6.04 Å². The average molecular weight is 225 g/mol. The summed E-state index contributed by atoms with van der Waals surface area (Å²) < 4.78 is 1.85. The van der Waals surface area contributed by atoms with E-state index in [-0.39, 0.29) is 24.2 Å². The Balaban J connectivity index is 2.19. The van der Waals surface area contributed by atoms with Crippen LogP contribution >= 0.6 is 0 Å². The summed E-state index contributed by atoms with van der Waals surface area (Å²) in [5.41, 5.74) is -0.113. The predicted molar refractivity (Wildman–Crippen MR) is 58.8 cm³/mol. The summed E-state index contributed by atoms with van der Waals surface area (Å²) in [7, 11) is 0. The highest BCUT2D eigenvalue weighted by Crippen LogP contribution is 2.27. The summed E-state index contributed by atoms with van der Waals surface area (Å²) in [6, 6.07) is 0.335. The molecule has 0 spiro atoms. The minimum atomic E-state index is -0.113. The van der Waals surface area contributed by atoms with Gasteiger partial charge in [0.1, 0.15) is 0 Å². The van der Waals surface area contributed by atoms with Crippen LogP contribution in [0.4, 0.5) is 0 Å². The van der Waals surface area contributed by atoms with Crippen LogP contribution in [-0.4, -0.2) is 38.0 Å². The van der Waals surface area contributed by atoms with Crippen molar-refractivity contribution in [3.63, 3.8) is 0 Å². The topological polar surface area (TPSA) is 75.9 Å². The monoisotopic (exact) mass is 225 g/mol. The molecule has 1 aromatic rings. The fourth-order valence-corrected chi connectivity index (χ4v) is 2.06. The Morgan fingerprint density at radius 2 is 2.19 bits per heavy atom. The Morgan fingerprint density at radius 3 is 2.75 bits per heavy atom. The molecule has 90 valence electrons. The number of aliphatic hydroxyl groups is 1. The van der Waals surface area contributed by atoms with Crippen LogP contribution in [0.2, 0.25) is 0 Å². The fraction of sp³-hybridized carbons (Fsp3) is 0.900. The number of hydrogen-bond acceptors (Lipinski definition) is 5. The Morgan fingerprint density at radius 1 is 1.44 bits per heavy atom. The van der Waals surface area contributed by atoms with E-state index in [1.54, 1.807) is 0 Å². The van der Waals surface area contributed by atoms with E-state index in [0.717, 1.165) is 18.7 Å². The van der Waals surface area contributed by atoms with Crippen molar-refractivity contribution in [2.24, 2.45) is 0 Å². The third-order valence-electron chi connectivity index (χ3n) is 2.90. The summed E-state index contributed by atoms with van der Waals surface area (Å²) in [6.07, 6.45) is 1.94. The molecule has 1 aliphatic heterocycles. The third-order valence-corrected chi connectivity index (χ3v) is 2.90. The lowest BCUT2D eigenvalue weighted by atomic mass is 10.1. The van der Waals surface area contributed by atoms with Crippen LogP contribution in [0.15, 0.2) is 0 Å². The first-order valence-corrected chi connectivity index (χ1v) is 5.68. The number of aliphatic hydroxyl groups excluding tert-OH is 1. The summed E-state index contributed by atoms with van der Waals surface area (Å²) >= 11 is 0. The molecule has 2 rings (SSSR count). The molecule has 0 saturated carbocycles. The van der Waals surface area contributed by atoms with Crippen molar-refractivity contribution in [1.29, 1.82) is 0 Å². The van der Waals surface area contributed by atoms with Gasteiger partial charge in [0.05, 0.1) is 18.2 Å². The van der Waals surface area contributed by atoms with Crippen LogP contribution in [0.3, 0.4) is 0 Å². The van der Waals surface area contributed by atoms with Gasteiger partial charge in [0.15, 0.2) is 5.82 Å². The Kier molecular flexibility index (Phi) is 2.94. The highest BCUT2D eigenvalue weighted by Gasteiger charge is 2.31. The van der Waals surface area contributed by atoms with Crippen LogP contribution in [0, 0.1) is 0 Å². The first kappa shape index (κ1) is 11.5. The first-order valence-electron chi connectivity index (χ1n) is 5.68. The van der Waals surface area contributed by atoms with Gasteiger partial charge in [-0.3, -0.25) is 0 Å². The second-order valence-corrected chi connectivity index (χ2v) is 5.30. The van der Waals surface area contributed by atoms with E-state index in [1.165, 1.54) is 0 Å². The van der Waals surface area contributed by atoms with Crippen molar-refractivity contribution in [3.8, 4) is 0 Å². The van der Waals surface area contributed by atoms with E-state index in [9.17, 15) is 0 Å². The minimum Gasteiger partial charge on any atom is -0.395 e. The van der Waals surface area contributed by atoms with E-state index in [1.807, 2.05) is 4.68 Å². The van der Waals surface area contributed by atoms with Gasteiger partial charge < -0.3 is 10.4 Å². The van der Waals surface area contributed by atoms with E-state index in [4.69, 9.17) is 5.11 Å². The first-order chi connectivity index (χ1) is 7.52. The Hall–Kier alpha value is -1.01. The van der Waals surface area contributed by atoms with Crippen LogP contribution in [-0.2, 0) is 5.54 Å². The molecule has 0 aliphatic carbocycles. The summed E-state index contributed by atoms with van der Waals surface area (Å²) in [6.45, 7) is 6.40. The second-order valence-electron chi connectivity index (χ2n) is 5.30. The summed E-state index contributed by atoms with van der Waals surface area (Å²) in [4.78, 5) is 0. The molecule has 0 aromatic carbocycles. The molecule has 1 aromatic heterocycles. The van der Waals surface area contributed by atoms with Crippen LogP contribution in [0.1, 0.15) is 45.5 Å². The fourth-order valence-electron chi connectivity index (χ4n) is 2.06. The van der Waals surface area contributed by atoms with Crippen molar-refractivity contribution in [1.82, 2.24) is 25.5 Å². The maximum absolute atomic E-state index is 9.09. The van der Waals surface area contributed by atoms with Gasteiger partial charge >= 0.3 is 0 Å². The normalized spacial score (nSPS) is 26.2. The SMILES string of the molecule is CC(C)(C)n1nnnc1[C@@H]1CC[C@@H](CO)N1. The molecule has 2 N–H and O–H groups in total. The average Bonchev–Trinajstić information content (AvgIpc) is 2.84. The van der Waals surface area contributed by atoms with Gasteiger partial charge in [-0.15, -0.1) is 5.10 Å². The molecule has 0 unspecified atom stereocenters. The number of tetrazole rings is 1. The number of nitrogens with one attached hydrogen (secondary N) is 1. The lowest BCUT2D eigenvalue weighted by molar-refractivity contribution is 0.249. The minimum absolute atomic E-state index is 0.113. The van der Waals surface area contributed by atoms with Gasteiger partial charge in [-0.1, -0.05) is 0 Å². The van der Waals surface area contributed by atoms with Crippen molar-refractivity contribution in [3.05, 3.63) is 5.82 Å². The second kappa shape index (κ2) is 4.10. The van der Waals surface area contributed by atoms with Crippen molar-refractivity contribution < 1.29 is 5.11 Å². The third kappa shape index (κ3) is 2.08. The molecule has 0 amide bonds. The van der Waals surface area contributed by atoms with Gasteiger partial charge in [-0.2, -0.15) is 0 Å². The molecule has 1 aliphatic rings. The maximum Gasteiger partial charge on any atom is 0.168 e. The smallest absolute Gasteiger partial charge is 0.168 e. The van der Waals surface area contributed by atoms with Gasteiger partial charge in [0.2, 0.25) is 0 Å². The highest BCUT2D eigenvalue weighted by molar-refractivity contribution is 5.00. The Labute approximate surface area is 95.0 Å². The molecule has 2 heterocycles. The molecule has 0 radical (unpaired) electrons. The van der Waals surface area contributed by atoms with Gasteiger partial charge in [-0.25, -0.2) is 4.68 Å². The molecule has 1 fully saturated rings. The zero-order valence-corrected chi connectivity index (χ0v) is 10.0. The van der Waals surface area contributed by atoms with Crippen LogP contribution in [0.5, 0.6) is 0 Å². The summed E-state index contributed by atoms with van der Waals surface area (Å²) in [5.74, 6) is 0.864. The Bertz CT molecular complexity index is 356. The quantitative estimate of drug-likeness (QED) is 0.752. The van der Waals surface area contributed by atoms with Gasteiger partial charge in [0.25, 0.3) is 0 Å². The van der Waals surface area contributed by atoms with E-state index in [2.05, 4.69) is 41.6 Å². The largest absolute Gasteiger partial charge is 0.395 e. The van der Waals surface area contributed by atoms with Gasteiger partial charge in [-0.05, 0) is 44.0 Å². The molecule has 0 bridgehead atoms. The molecular weight excluding hydrogens is 206 g/mol. The zero-order chi connectivity index (χ0) is 11.8. The lowest BCUT2D eigenvalue weighted by Gasteiger charge is -2.22. The molecule has 1 saturated heterocycles. The lowest BCUT2D eigenvalue weighted by Crippen LogP contribution is -2.32. The van der Waals surface area contributed by atoms with Crippen molar-refractivity contribution in [2.45, 2.75) is 51.2 Å². The number of nitrogens with zero attached hydrogens (tertiary/aromatic N) is 4. The molecule has 2 atom stereocenters. The van der Waals surface area contributed by atoms with Crippen LogP contribution in [0.25, 0.3) is 0 Å². The van der Waals surface area contributed by atoms with Crippen molar-refractivity contribution >= 4 is 0 Å². The predicted octanol–water partition coefficient (Wildman–Crippen LogP) is 0.213. The number of rotatable bonds is 2. The highest BCUT2D eigenvalue weighted by atomic mass is 16.3. The number of aromatic nitrogens is 4. The van der Waals surface area contributed by atoms with E-state index < -0.39 is 0 Å². The summed E-state index contributed by atoms with van der Waals surface area (Å²) in [5, 5.41) is 24.3. The van der Waals surface area contributed by atoms with Crippen LogP contribution < -0.4 is 5.32 Å². The molecular formula is C10H19N5O.